The van der Waals surface area contributed by atoms with Gasteiger partial charge in [0.05, 0.1) is 0 Å². The molecule has 1 N–H and O–H groups in total. The summed E-state index contributed by atoms with van der Waals surface area (Å²) in [6.45, 7) is 7.01. The van der Waals surface area contributed by atoms with Crippen LogP contribution in [0, 0.1) is 0 Å². The molecule has 90 valence electrons. The van der Waals surface area contributed by atoms with Crippen LogP contribution < -0.4 is 5.32 Å². The van der Waals surface area contributed by atoms with E-state index in [2.05, 4.69) is 47.1 Å². The van der Waals surface area contributed by atoms with E-state index in [-0.39, 0.29) is 0 Å². The summed E-state index contributed by atoms with van der Waals surface area (Å²) in [4.78, 5) is 2.56. The SMILES string of the molecule is CC(CN1CCCC1)NCc1cccn1C. The lowest BCUT2D eigenvalue weighted by Crippen LogP contribution is -2.37. The number of rotatable bonds is 5. The molecule has 0 saturated carbocycles. The Bertz CT molecular complexity index is 313. The number of aromatic nitrogens is 1. The highest BCUT2D eigenvalue weighted by Crippen LogP contribution is 2.07. The predicted octanol–water partition coefficient (Wildman–Crippen LogP) is 1.60. The fourth-order valence-electron chi connectivity index (χ4n) is 2.38. The summed E-state index contributed by atoms with van der Waals surface area (Å²) < 4.78 is 2.18. The van der Waals surface area contributed by atoms with Gasteiger partial charge < -0.3 is 14.8 Å². The second-order valence-electron chi connectivity index (χ2n) is 4.90. The first-order valence-corrected chi connectivity index (χ1v) is 6.31. The first-order valence-electron chi connectivity index (χ1n) is 6.31. The van der Waals surface area contributed by atoms with Crippen molar-refractivity contribution in [1.82, 2.24) is 14.8 Å². The topological polar surface area (TPSA) is 20.2 Å². The zero-order valence-electron chi connectivity index (χ0n) is 10.4. The molecule has 1 fully saturated rings. The maximum Gasteiger partial charge on any atom is 0.0361 e. The maximum atomic E-state index is 3.59. The van der Waals surface area contributed by atoms with Crippen LogP contribution in [0.3, 0.4) is 0 Å². The van der Waals surface area contributed by atoms with Gasteiger partial charge in [-0.05, 0) is 45.0 Å². The van der Waals surface area contributed by atoms with Gasteiger partial charge in [-0.1, -0.05) is 0 Å². The van der Waals surface area contributed by atoms with E-state index in [4.69, 9.17) is 0 Å². The molecule has 1 aliphatic heterocycles. The fourth-order valence-corrected chi connectivity index (χ4v) is 2.38. The first kappa shape index (κ1) is 11.7. The highest BCUT2D eigenvalue weighted by molar-refractivity contribution is 5.06. The predicted molar refractivity (Wildman–Crippen MR) is 67.4 cm³/mol. The third-order valence-corrected chi connectivity index (χ3v) is 3.41. The van der Waals surface area contributed by atoms with Crippen molar-refractivity contribution in [3.8, 4) is 0 Å². The summed E-state index contributed by atoms with van der Waals surface area (Å²) in [7, 11) is 2.10. The van der Waals surface area contributed by atoms with Gasteiger partial charge >= 0.3 is 0 Å². The van der Waals surface area contributed by atoms with Gasteiger partial charge in [-0.25, -0.2) is 0 Å². The molecule has 0 aromatic carbocycles. The fraction of sp³-hybridized carbons (Fsp3) is 0.692. The Labute approximate surface area is 98.4 Å². The summed E-state index contributed by atoms with van der Waals surface area (Å²) >= 11 is 0. The van der Waals surface area contributed by atoms with E-state index in [1.54, 1.807) is 0 Å². The average molecular weight is 221 g/mol. The van der Waals surface area contributed by atoms with Crippen LogP contribution in [0.4, 0.5) is 0 Å². The molecule has 16 heavy (non-hydrogen) atoms. The molecule has 0 aliphatic carbocycles. The Balaban J connectivity index is 1.71. The first-order chi connectivity index (χ1) is 7.75. The highest BCUT2D eigenvalue weighted by Gasteiger charge is 2.14. The van der Waals surface area contributed by atoms with E-state index >= 15 is 0 Å². The van der Waals surface area contributed by atoms with Gasteiger partial charge in [-0.2, -0.15) is 0 Å². The van der Waals surface area contributed by atoms with Crippen LogP contribution in [0.25, 0.3) is 0 Å². The van der Waals surface area contributed by atoms with Gasteiger partial charge in [0.2, 0.25) is 0 Å². The summed E-state index contributed by atoms with van der Waals surface area (Å²) in [5.41, 5.74) is 1.35. The molecular formula is C13H23N3. The van der Waals surface area contributed by atoms with Crippen LogP contribution >= 0.6 is 0 Å². The zero-order chi connectivity index (χ0) is 11.4. The van der Waals surface area contributed by atoms with Crippen LogP contribution in [0.15, 0.2) is 18.3 Å². The second-order valence-corrected chi connectivity index (χ2v) is 4.90. The molecule has 0 amide bonds. The van der Waals surface area contributed by atoms with Gasteiger partial charge in [0.15, 0.2) is 0 Å². The molecule has 0 radical (unpaired) electrons. The molecule has 2 rings (SSSR count). The average Bonchev–Trinajstić information content (AvgIpc) is 2.87. The van der Waals surface area contributed by atoms with Crippen LogP contribution in [0.1, 0.15) is 25.5 Å². The lowest BCUT2D eigenvalue weighted by Gasteiger charge is -2.21. The van der Waals surface area contributed by atoms with E-state index in [1.807, 2.05) is 0 Å². The Morgan fingerprint density at radius 1 is 1.38 bits per heavy atom. The van der Waals surface area contributed by atoms with Gasteiger partial charge in [0, 0.05) is 38.1 Å². The summed E-state index contributed by atoms with van der Waals surface area (Å²) in [5.74, 6) is 0. The molecule has 0 bridgehead atoms. The number of likely N-dealkylation sites (tertiary alicyclic amines) is 1. The third-order valence-electron chi connectivity index (χ3n) is 3.41. The smallest absolute Gasteiger partial charge is 0.0361 e. The molecule has 2 heterocycles. The molecule has 1 atom stereocenters. The quantitative estimate of drug-likeness (QED) is 0.815. The molecule has 3 nitrogen and oxygen atoms in total. The number of hydrogen-bond acceptors (Lipinski definition) is 2. The monoisotopic (exact) mass is 221 g/mol. The van der Waals surface area contributed by atoms with Gasteiger partial charge in [-0.3, -0.25) is 0 Å². The molecule has 1 aromatic rings. The Morgan fingerprint density at radius 3 is 2.75 bits per heavy atom. The number of nitrogens with one attached hydrogen (secondary N) is 1. The van der Waals surface area contributed by atoms with Crippen molar-refractivity contribution in [2.75, 3.05) is 19.6 Å². The van der Waals surface area contributed by atoms with Crippen molar-refractivity contribution in [3.05, 3.63) is 24.0 Å². The van der Waals surface area contributed by atoms with Crippen molar-refractivity contribution in [1.29, 1.82) is 0 Å². The van der Waals surface area contributed by atoms with E-state index < -0.39 is 0 Å². The largest absolute Gasteiger partial charge is 0.353 e. The summed E-state index contributed by atoms with van der Waals surface area (Å²) in [6.07, 6.45) is 4.86. The van der Waals surface area contributed by atoms with Crippen LogP contribution in [-0.4, -0.2) is 35.1 Å². The molecular weight excluding hydrogens is 198 g/mol. The number of nitrogens with zero attached hydrogens (tertiary/aromatic N) is 2. The Hall–Kier alpha value is -0.800. The van der Waals surface area contributed by atoms with E-state index in [1.165, 1.54) is 38.2 Å². The highest BCUT2D eigenvalue weighted by atomic mass is 15.2. The van der Waals surface area contributed by atoms with Gasteiger partial charge in [-0.15, -0.1) is 0 Å². The molecule has 1 saturated heterocycles. The number of aryl methyl sites for hydroxylation is 1. The minimum atomic E-state index is 0.577. The van der Waals surface area contributed by atoms with Crippen molar-refractivity contribution in [2.24, 2.45) is 7.05 Å². The Morgan fingerprint density at radius 2 is 2.12 bits per heavy atom. The summed E-state index contributed by atoms with van der Waals surface area (Å²) in [5, 5.41) is 3.59. The van der Waals surface area contributed by atoms with Crippen molar-refractivity contribution in [2.45, 2.75) is 32.4 Å². The molecule has 1 aromatic heterocycles. The minimum Gasteiger partial charge on any atom is -0.353 e. The van der Waals surface area contributed by atoms with Crippen molar-refractivity contribution in [3.63, 3.8) is 0 Å². The second kappa shape index (κ2) is 5.51. The summed E-state index contributed by atoms with van der Waals surface area (Å²) in [6, 6.07) is 4.85. The van der Waals surface area contributed by atoms with E-state index in [0.717, 1.165) is 6.54 Å². The molecule has 3 heteroatoms. The standard InChI is InChI=1S/C13H23N3/c1-12(11-16-8-3-4-9-16)14-10-13-6-5-7-15(13)2/h5-7,12,14H,3-4,8-11H2,1-2H3. The zero-order valence-corrected chi connectivity index (χ0v) is 10.4. The van der Waals surface area contributed by atoms with Gasteiger partial charge in [0.25, 0.3) is 0 Å². The molecule has 1 unspecified atom stereocenters. The molecule has 0 spiro atoms. The molecule has 1 aliphatic rings. The van der Waals surface area contributed by atoms with Crippen molar-refractivity contribution >= 4 is 0 Å². The minimum absolute atomic E-state index is 0.577. The van der Waals surface area contributed by atoms with Crippen molar-refractivity contribution < 1.29 is 0 Å². The lowest BCUT2D eigenvalue weighted by molar-refractivity contribution is 0.297. The third kappa shape index (κ3) is 3.09. The van der Waals surface area contributed by atoms with E-state index in [9.17, 15) is 0 Å². The number of hydrogen-bond donors (Lipinski definition) is 1. The normalized spacial score (nSPS) is 19.1. The lowest BCUT2D eigenvalue weighted by atomic mass is 10.3. The Kier molecular flexibility index (Phi) is 4.02. The van der Waals surface area contributed by atoms with E-state index in [0.29, 0.717) is 6.04 Å². The maximum absolute atomic E-state index is 3.59. The van der Waals surface area contributed by atoms with Crippen LogP contribution in [-0.2, 0) is 13.6 Å². The van der Waals surface area contributed by atoms with Gasteiger partial charge in [0.1, 0.15) is 0 Å². The van der Waals surface area contributed by atoms with Crippen LogP contribution in [0.5, 0.6) is 0 Å². The van der Waals surface area contributed by atoms with Crippen LogP contribution in [0.2, 0.25) is 0 Å².